The van der Waals surface area contributed by atoms with Gasteiger partial charge in [0, 0.05) is 6.92 Å². The Labute approximate surface area is 151 Å². The van der Waals surface area contributed by atoms with Gasteiger partial charge in [0.2, 0.25) is 0 Å². The minimum Gasteiger partial charge on any atom is -1.00 e. The summed E-state index contributed by atoms with van der Waals surface area (Å²) in [5.41, 5.74) is 0. The van der Waals surface area contributed by atoms with Gasteiger partial charge in [0.1, 0.15) is 0 Å². The molecule has 0 amide bonds. The van der Waals surface area contributed by atoms with E-state index in [1.54, 1.807) is 0 Å². The van der Waals surface area contributed by atoms with E-state index in [4.69, 9.17) is 4.74 Å². The van der Waals surface area contributed by atoms with Gasteiger partial charge in [-0.25, -0.2) is 0 Å². The summed E-state index contributed by atoms with van der Waals surface area (Å²) >= 11 is 0. The molecule has 0 fully saturated rings. The maximum Gasteiger partial charge on any atom is 1.00 e. The summed E-state index contributed by atoms with van der Waals surface area (Å²) in [5.74, 6) is -0.157. The SMILES string of the molecule is CCCCCCCCCCCCOC(C)=O.[H-].[K+]. The minimum atomic E-state index is -0.157. The molecule has 0 atom stereocenters. The van der Waals surface area contributed by atoms with Crippen molar-refractivity contribution in [2.45, 2.75) is 78.1 Å². The first-order valence-corrected chi connectivity index (χ1v) is 6.90. The number of ether oxygens (including phenoxy) is 1. The fraction of sp³-hybridized carbons (Fsp3) is 0.929. The maximum atomic E-state index is 10.5. The standard InChI is InChI=1S/C14H28O2.K.H/c1-3-4-5-6-7-8-9-10-11-12-13-16-14(2)15;;/h3-13H2,1-2H3;;/q;+1;-1. The van der Waals surface area contributed by atoms with Gasteiger partial charge in [-0.3, -0.25) is 4.79 Å². The summed E-state index contributed by atoms with van der Waals surface area (Å²) in [6.07, 6.45) is 13.1. The maximum absolute atomic E-state index is 10.5. The number of esters is 1. The summed E-state index contributed by atoms with van der Waals surface area (Å²) < 4.78 is 4.87. The van der Waals surface area contributed by atoms with Crippen molar-refractivity contribution in [2.24, 2.45) is 0 Å². The second kappa shape index (κ2) is 17.1. The molecule has 0 aliphatic rings. The van der Waals surface area contributed by atoms with E-state index in [0.29, 0.717) is 6.61 Å². The van der Waals surface area contributed by atoms with E-state index in [9.17, 15) is 4.79 Å². The molecule has 0 heterocycles. The first kappa shape index (κ1) is 20.4. The van der Waals surface area contributed by atoms with Crippen LogP contribution < -0.4 is 51.4 Å². The molecular formula is C14H29KO2. The van der Waals surface area contributed by atoms with Crippen LogP contribution in [0.2, 0.25) is 0 Å². The zero-order chi connectivity index (χ0) is 12.1. The van der Waals surface area contributed by atoms with E-state index in [1.807, 2.05) is 0 Å². The number of rotatable bonds is 11. The molecule has 0 rings (SSSR count). The molecule has 17 heavy (non-hydrogen) atoms. The van der Waals surface area contributed by atoms with Crippen LogP contribution in [0.3, 0.4) is 0 Å². The summed E-state index contributed by atoms with van der Waals surface area (Å²) in [6.45, 7) is 4.32. The van der Waals surface area contributed by atoms with Crippen LogP contribution in [0.15, 0.2) is 0 Å². The molecule has 0 spiro atoms. The van der Waals surface area contributed by atoms with E-state index in [-0.39, 0.29) is 58.8 Å². The Hall–Kier alpha value is 1.11. The van der Waals surface area contributed by atoms with E-state index < -0.39 is 0 Å². The van der Waals surface area contributed by atoms with Crippen molar-refractivity contribution in [1.29, 1.82) is 0 Å². The summed E-state index contributed by atoms with van der Waals surface area (Å²) in [4.78, 5) is 10.5. The number of carbonyl (C=O) groups excluding carboxylic acids is 1. The van der Waals surface area contributed by atoms with Gasteiger partial charge in [-0.15, -0.1) is 0 Å². The molecule has 3 heteroatoms. The number of carbonyl (C=O) groups is 1. The largest absolute Gasteiger partial charge is 1.00 e. The predicted octanol–water partition coefficient (Wildman–Crippen LogP) is 1.59. The van der Waals surface area contributed by atoms with Crippen molar-refractivity contribution < 1.29 is 62.3 Å². The van der Waals surface area contributed by atoms with Gasteiger partial charge in [-0.1, -0.05) is 64.7 Å². The average Bonchev–Trinajstić information content (AvgIpc) is 2.25. The van der Waals surface area contributed by atoms with Gasteiger partial charge >= 0.3 is 57.4 Å². The summed E-state index contributed by atoms with van der Waals surface area (Å²) in [5, 5.41) is 0. The normalized spacial score (nSPS) is 9.76. The Morgan fingerprint density at radius 3 is 1.71 bits per heavy atom. The van der Waals surface area contributed by atoms with E-state index in [2.05, 4.69) is 6.92 Å². The van der Waals surface area contributed by atoms with Crippen LogP contribution in [0, 0.1) is 0 Å². The second-order valence-corrected chi connectivity index (χ2v) is 4.52. The molecule has 0 aromatic rings. The number of unbranched alkanes of at least 4 members (excludes halogenated alkanes) is 9. The zero-order valence-corrected chi connectivity index (χ0v) is 15.2. The van der Waals surface area contributed by atoms with Crippen LogP contribution in [0.25, 0.3) is 0 Å². The Morgan fingerprint density at radius 1 is 0.882 bits per heavy atom. The predicted molar refractivity (Wildman–Crippen MR) is 69.6 cm³/mol. The van der Waals surface area contributed by atoms with Crippen LogP contribution in [-0.2, 0) is 9.53 Å². The Bertz CT molecular complexity index is 166. The fourth-order valence-corrected chi connectivity index (χ4v) is 1.81. The monoisotopic (exact) mass is 268 g/mol. The van der Waals surface area contributed by atoms with Gasteiger partial charge in [0.25, 0.3) is 0 Å². The van der Waals surface area contributed by atoms with Crippen LogP contribution in [-0.4, -0.2) is 12.6 Å². The molecule has 0 unspecified atom stereocenters. The van der Waals surface area contributed by atoms with E-state index >= 15 is 0 Å². The molecular weight excluding hydrogens is 239 g/mol. The van der Waals surface area contributed by atoms with Crippen LogP contribution in [0.4, 0.5) is 0 Å². The van der Waals surface area contributed by atoms with Gasteiger partial charge in [0.15, 0.2) is 0 Å². The van der Waals surface area contributed by atoms with Gasteiger partial charge < -0.3 is 6.16 Å². The summed E-state index contributed by atoms with van der Waals surface area (Å²) in [7, 11) is 0. The smallest absolute Gasteiger partial charge is 1.00 e. The quantitative estimate of drug-likeness (QED) is 0.323. The topological polar surface area (TPSA) is 26.3 Å². The summed E-state index contributed by atoms with van der Waals surface area (Å²) in [6, 6.07) is 0. The molecule has 0 aliphatic heterocycles. The molecule has 2 nitrogen and oxygen atoms in total. The third-order valence-electron chi connectivity index (χ3n) is 2.80. The van der Waals surface area contributed by atoms with Crippen molar-refractivity contribution in [2.75, 3.05) is 6.61 Å². The first-order valence-electron chi connectivity index (χ1n) is 6.90. The van der Waals surface area contributed by atoms with Crippen LogP contribution >= 0.6 is 0 Å². The van der Waals surface area contributed by atoms with Crippen molar-refractivity contribution in [3.05, 3.63) is 0 Å². The van der Waals surface area contributed by atoms with E-state index in [1.165, 1.54) is 64.7 Å². The Morgan fingerprint density at radius 2 is 1.29 bits per heavy atom. The van der Waals surface area contributed by atoms with Gasteiger partial charge in [-0.05, 0) is 6.42 Å². The van der Waals surface area contributed by atoms with Crippen molar-refractivity contribution >= 4 is 5.97 Å². The van der Waals surface area contributed by atoms with Crippen molar-refractivity contribution in [3.8, 4) is 0 Å². The average molecular weight is 268 g/mol. The number of hydrogen-bond acceptors (Lipinski definition) is 2. The molecule has 0 aromatic heterocycles. The molecule has 0 radical (unpaired) electrons. The number of hydrogen-bond donors (Lipinski definition) is 0. The van der Waals surface area contributed by atoms with Gasteiger partial charge in [-0.2, -0.15) is 0 Å². The van der Waals surface area contributed by atoms with Crippen molar-refractivity contribution in [1.82, 2.24) is 0 Å². The zero-order valence-electron chi connectivity index (χ0n) is 13.1. The Balaban J connectivity index is -0.00000112. The van der Waals surface area contributed by atoms with Crippen molar-refractivity contribution in [3.63, 3.8) is 0 Å². The molecule has 0 aromatic carbocycles. The molecule has 0 saturated heterocycles. The third-order valence-corrected chi connectivity index (χ3v) is 2.80. The third kappa shape index (κ3) is 19.6. The molecule has 0 bridgehead atoms. The molecule has 98 valence electrons. The first-order chi connectivity index (χ1) is 7.77. The fourth-order valence-electron chi connectivity index (χ4n) is 1.81. The minimum absolute atomic E-state index is 0. The second-order valence-electron chi connectivity index (χ2n) is 4.52. The molecule has 0 N–H and O–H groups in total. The van der Waals surface area contributed by atoms with E-state index in [0.717, 1.165) is 6.42 Å². The van der Waals surface area contributed by atoms with Crippen LogP contribution in [0.1, 0.15) is 79.5 Å². The van der Waals surface area contributed by atoms with Crippen LogP contribution in [0.5, 0.6) is 0 Å². The Kier molecular flexibility index (Phi) is 20.6. The van der Waals surface area contributed by atoms with Gasteiger partial charge in [0.05, 0.1) is 6.61 Å². The molecule has 0 saturated carbocycles. The molecule has 0 aliphatic carbocycles.